The third-order valence-corrected chi connectivity index (χ3v) is 2.97. The highest BCUT2D eigenvalue weighted by molar-refractivity contribution is 9.10. The molecule has 1 rings (SSSR count). The molecule has 0 N–H and O–H groups in total. The smallest absolute Gasteiger partial charge is 0.310 e. The second-order valence-electron chi connectivity index (χ2n) is 3.74. The second kappa shape index (κ2) is 8.04. The van der Waals surface area contributed by atoms with Crippen LogP contribution in [0, 0.1) is 0 Å². The molecule has 0 heterocycles. The van der Waals surface area contributed by atoms with Gasteiger partial charge in [-0.2, -0.15) is 0 Å². The molecule has 1 aromatic rings. The van der Waals surface area contributed by atoms with E-state index in [0.717, 1.165) is 10.0 Å². The van der Waals surface area contributed by atoms with E-state index in [2.05, 4.69) is 15.9 Å². The lowest BCUT2D eigenvalue weighted by atomic mass is 10.1. The van der Waals surface area contributed by atoms with Gasteiger partial charge in [0.15, 0.2) is 0 Å². The molecule has 19 heavy (non-hydrogen) atoms. The maximum Gasteiger partial charge on any atom is 0.310 e. The number of carbonyl (C=O) groups excluding carboxylic acids is 1. The SMILES string of the molecule is CCOC(=O)Cc1cc(Br)c(OCC)cc1OCC. The van der Waals surface area contributed by atoms with E-state index in [1.807, 2.05) is 19.9 Å². The largest absolute Gasteiger partial charge is 0.493 e. The fraction of sp³-hybridized carbons (Fsp3) is 0.500. The Balaban J connectivity index is 3.00. The fourth-order valence-corrected chi connectivity index (χ4v) is 2.14. The second-order valence-corrected chi connectivity index (χ2v) is 4.59. The number of rotatable bonds is 7. The Hall–Kier alpha value is -1.23. The normalized spacial score (nSPS) is 10.1. The van der Waals surface area contributed by atoms with Gasteiger partial charge in [0, 0.05) is 11.6 Å². The Labute approximate surface area is 122 Å². The molecule has 0 unspecified atom stereocenters. The van der Waals surface area contributed by atoms with Crippen molar-refractivity contribution in [1.82, 2.24) is 0 Å². The minimum Gasteiger partial charge on any atom is -0.493 e. The molecule has 0 saturated carbocycles. The van der Waals surface area contributed by atoms with Crippen LogP contribution in [-0.4, -0.2) is 25.8 Å². The van der Waals surface area contributed by atoms with Crippen LogP contribution in [0.1, 0.15) is 26.3 Å². The summed E-state index contributed by atoms with van der Waals surface area (Å²) in [6, 6.07) is 3.64. The van der Waals surface area contributed by atoms with E-state index in [0.29, 0.717) is 31.3 Å². The van der Waals surface area contributed by atoms with Crippen molar-refractivity contribution in [2.24, 2.45) is 0 Å². The summed E-state index contributed by atoms with van der Waals surface area (Å²) in [4.78, 5) is 11.6. The Kier molecular flexibility index (Phi) is 6.70. The Morgan fingerprint density at radius 3 is 2.26 bits per heavy atom. The zero-order valence-corrected chi connectivity index (χ0v) is 13.1. The van der Waals surface area contributed by atoms with Crippen molar-refractivity contribution in [1.29, 1.82) is 0 Å². The van der Waals surface area contributed by atoms with Gasteiger partial charge < -0.3 is 14.2 Å². The summed E-state index contributed by atoms with van der Waals surface area (Å²) in [5, 5.41) is 0. The van der Waals surface area contributed by atoms with Gasteiger partial charge in [-0.25, -0.2) is 0 Å². The lowest BCUT2D eigenvalue weighted by Gasteiger charge is -2.14. The lowest BCUT2D eigenvalue weighted by Crippen LogP contribution is -2.09. The molecule has 106 valence electrons. The number of carbonyl (C=O) groups is 1. The molecular formula is C14H19BrO4. The first kappa shape index (κ1) is 15.8. The van der Waals surface area contributed by atoms with Crippen LogP contribution in [0.2, 0.25) is 0 Å². The summed E-state index contributed by atoms with van der Waals surface area (Å²) in [6.07, 6.45) is 0.189. The predicted octanol–water partition coefficient (Wildman–Crippen LogP) is 3.35. The van der Waals surface area contributed by atoms with Crippen LogP contribution in [0.5, 0.6) is 11.5 Å². The molecule has 0 amide bonds. The highest BCUT2D eigenvalue weighted by Gasteiger charge is 2.14. The third kappa shape index (κ3) is 4.74. The van der Waals surface area contributed by atoms with Crippen LogP contribution in [-0.2, 0) is 16.0 Å². The quantitative estimate of drug-likeness (QED) is 0.719. The summed E-state index contributed by atoms with van der Waals surface area (Å²) in [6.45, 7) is 7.08. The lowest BCUT2D eigenvalue weighted by molar-refractivity contribution is -0.142. The molecule has 0 spiro atoms. The van der Waals surface area contributed by atoms with Crippen molar-refractivity contribution in [3.05, 3.63) is 22.2 Å². The van der Waals surface area contributed by atoms with Gasteiger partial charge in [-0.15, -0.1) is 0 Å². The van der Waals surface area contributed by atoms with Crippen LogP contribution >= 0.6 is 15.9 Å². The van der Waals surface area contributed by atoms with Crippen LogP contribution in [0.3, 0.4) is 0 Å². The zero-order chi connectivity index (χ0) is 14.3. The Morgan fingerprint density at radius 1 is 1.05 bits per heavy atom. The van der Waals surface area contributed by atoms with Crippen LogP contribution in [0.4, 0.5) is 0 Å². The van der Waals surface area contributed by atoms with Crippen molar-refractivity contribution < 1.29 is 19.0 Å². The van der Waals surface area contributed by atoms with E-state index in [1.54, 1.807) is 13.0 Å². The van der Waals surface area contributed by atoms with Gasteiger partial charge >= 0.3 is 5.97 Å². The van der Waals surface area contributed by atoms with E-state index in [4.69, 9.17) is 14.2 Å². The molecule has 0 bridgehead atoms. The van der Waals surface area contributed by atoms with Crippen LogP contribution in [0.15, 0.2) is 16.6 Å². The zero-order valence-electron chi connectivity index (χ0n) is 11.5. The third-order valence-electron chi connectivity index (χ3n) is 2.35. The van der Waals surface area contributed by atoms with E-state index >= 15 is 0 Å². The van der Waals surface area contributed by atoms with Crippen molar-refractivity contribution >= 4 is 21.9 Å². The molecule has 0 saturated heterocycles. The maximum atomic E-state index is 11.6. The predicted molar refractivity (Wildman–Crippen MR) is 76.8 cm³/mol. The maximum absolute atomic E-state index is 11.6. The van der Waals surface area contributed by atoms with E-state index in [9.17, 15) is 4.79 Å². The first-order valence-corrected chi connectivity index (χ1v) is 7.15. The molecule has 0 aromatic heterocycles. The summed E-state index contributed by atoms with van der Waals surface area (Å²) in [5.74, 6) is 1.10. The highest BCUT2D eigenvalue weighted by Crippen LogP contribution is 2.33. The molecule has 0 atom stereocenters. The monoisotopic (exact) mass is 330 g/mol. The molecule has 0 aliphatic heterocycles. The first-order chi connectivity index (χ1) is 9.12. The van der Waals surface area contributed by atoms with E-state index < -0.39 is 0 Å². The summed E-state index contributed by atoms with van der Waals surface area (Å²) >= 11 is 3.43. The molecular weight excluding hydrogens is 312 g/mol. The minimum absolute atomic E-state index is 0.189. The Morgan fingerprint density at radius 2 is 1.68 bits per heavy atom. The highest BCUT2D eigenvalue weighted by atomic mass is 79.9. The number of esters is 1. The van der Waals surface area contributed by atoms with Gasteiger partial charge in [-0.05, 0) is 42.8 Å². The molecule has 0 aliphatic rings. The number of hydrogen-bond acceptors (Lipinski definition) is 4. The summed E-state index contributed by atoms with van der Waals surface area (Å²) < 4.78 is 16.8. The van der Waals surface area contributed by atoms with E-state index in [1.165, 1.54) is 0 Å². The standard InChI is InChI=1S/C14H19BrO4/c1-4-17-12-9-13(18-5-2)11(15)7-10(12)8-14(16)19-6-3/h7,9H,4-6,8H2,1-3H3. The minimum atomic E-state index is -0.264. The molecule has 4 nitrogen and oxygen atoms in total. The summed E-state index contributed by atoms with van der Waals surface area (Å²) in [7, 11) is 0. The topological polar surface area (TPSA) is 44.8 Å². The number of benzene rings is 1. The number of hydrogen-bond donors (Lipinski definition) is 0. The van der Waals surface area contributed by atoms with Gasteiger partial charge in [0.1, 0.15) is 11.5 Å². The van der Waals surface area contributed by atoms with Gasteiger partial charge in [0.2, 0.25) is 0 Å². The van der Waals surface area contributed by atoms with Gasteiger partial charge in [0.05, 0.1) is 30.7 Å². The molecule has 0 radical (unpaired) electrons. The molecule has 5 heteroatoms. The fourth-order valence-electron chi connectivity index (χ4n) is 1.64. The molecule has 1 aromatic carbocycles. The van der Waals surface area contributed by atoms with Crippen molar-refractivity contribution in [2.45, 2.75) is 27.2 Å². The number of halogens is 1. The number of ether oxygens (including phenoxy) is 3. The van der Waals surface area contributed by atoms with Gasteiger partial charge in [-0.3, -0.25) is 4.79 Å². The summed E-state index contributed by atoms with van der Waals surface area (Å²) in [5.41, 5.74) is 0.788. The van der Waals surface area contributed by atoms with Gasteiger partial charge in [-0.1, -0.05) is 0 Å². The van der Waals surface area contributed by atoms with Crippen molar-refractivity contribution in [2.75, 3.05) is 19.8 Å². The average molecular weight is 331 g/mol. The Bertz CT molecular complexity index is 432. The van der Waals surface area contributed by atoms with Crippen LogP contribution < -0.4 is 9.47 Å². The van der Waals surface area contributed by atoms with Crippen molar-refractivity contribution in [3.8, 4) is 11.5 Å². The van der Waals surface area contributed by atoms with Crippen molar-refractivity contribution in [3.63, 3.8) is 0 Å². The van der Waals surface area contributed by atoms with Gasteiger partial charge in [0.25, 0.3) is 0 Å². The molecule has 0 aliphatic carbocycles. The average Bonchev–Trinajstić information content (AvgIpc) is 2.35. The van der Waals surface area contributed by atoms with E-state index in [-0.39, 0.29) is 12.4 Å². The van der Waals surface area contributed by atoms with Crippen LogP contribution in [0.25, 0.3) is 0 Å². The molecule has 0 fully saturated rings. The first-order valence-electron chi connectivity index (χ1n) is 6.35.